The van der Waals surface area contributed by atoms with E-state index in [1.165, 1.54) is 6.07 Å². The van der Waals surface area contributed by atoms with E-state index in [4.69, 9.17) is 4.74 Å². The van der Waals surface area contributed by atoms with E-state index >= 15 is 0 Å². The predicted molar refractivity (Wildman–Crippen MR) is 74.6 cm³/mol. The molecule has 0 radical (unpaired) electrons. The molecule has 1 aromatic rings. The number of nitrogens with one attached hydrogen (secondary N) is 1. The average molecular weight is 277 g/mol. The molecular formula is C16H20FNO2. The lowest BCUT2D eigenvalue weighted by Gasteiger charge is -2.28. The smallest absolute Gasteiger partial charge is 0.169 e. The monoisotopic (exact) mass is 277 g/mol. The number of halogens is 1. The topological polar surface area (TPSA) is 38.3 Å². The molecule has 108 valence electrons. The van der Waals surface area contributed by atoms with E-state index in [2.05, 4.69) is 5.32 Å². The summed E-state index contributed by atoms with van der Waals surface area (Å²) in [5, 5.41) is 3.50. The predicted octanol–water partition coefficient (Wildman–Crippen LogP) is 2.94. The first kappa shape index (κ1) is 13.6. The maximum absolute atomic E-state index is 14.1. The Kier molecular flexibility index (Phi) is 3.74. The molecule has 2 heterocycles. The molecule has 0 spiro atoms. The fourth-order valence-electron chi connectivity index (χ4n) is 3.44. The van der Waals surface area contributed by atoms with Crippen LogP contribution in [-0.4, -0.2) is 24.5 Å². The minimum absolute atomic E-state index is 0.0406. The van der Waals surface area contributed by atoms with E-state index in [1.807, 2.05) is 6.92 Å². The third-order valence-corrected chi connectivity index (χ3v) is 4.36. The van der Waals surface area contributed by atoms with E-state index in [1.54, 1.807) is 12.1 Å². The molecule has 20 heavy (non-hydrogen) atoms. The molecule has 2 saturated heterocycles. The first-order valence-electron chi connectivity index (χ1n) is 7.40. The zero-order valence-electron chi connectivity index (χ0n) is 11.7. The van der Waals surface area contributed by atoms with E-state index in [0.29, 0.717) is 24.4 Å². The van der Waals surface area contributed by atoms with Gasteiger partial charge in [0.2, 0.25) is 0 Å². The molecular weight excluding hydrogens is 257 g/mol. The van der Waals surface area contributed by atoms with Gasteiger partial charge in [-0.1, -0.05) is 0 Å². The Morgan fingerprint density at radius 2 is 2.05 bits per heavy atom. The fraction of sp³-hybridized carbons (Fsp3) is 0.562. The molecule has 3 rings (SSSR count). The highest BCUT2D eigenvalue weighted by Gasteiger charge is 2.37. The second kappa shape index (κ2) is 5.52. The molecule has 1 N–H and O–H groups in total. The SMILES string of the molecule is CCOc1ccc(C(=O)C2CC3CCC(C2)N3)c(F)c1. The number of rotatable bonds is 4. The second-order valence-corrected chi connectivity index (χ2v) is 5.75. The van der Waals surface area contributed by atoms with Crippen LogP contribution in [0.5, 0.6) is 5.75 Å². The van der Waals surface area contributed by atoms with Crippen molar-refractivity contribution in [3.8, 4) is 5.75 Å². The summed E-state index contributed by atoms with van der Waals surface area (Å²) in [6.45, 7) is 2.34. The van der Waals surface area contributed by atoms with Crippen LogP contribution in [0.15, 0.2) is 18.2 Å². The molecule has 0 saturated carbocycles. The van der Waals surface area contributed by atoms with Crippen LogP contribution >= 0.6 is 0 Å². The number of fused-ring (bicyclic) bond motifs is 2. The summed E-state index contributed by atoms with van der Waals surface area (Å²) in [7, 11) is 0. The van der Waals surface area contributed by atoms with Gasteiger partial charge in [-0.25, -0.2) is 4.39 Å². The van der Waals surface area contributed by atoms with Crippen LogP contribution in [0.1, 0.15) is 43.0 Å². The molecule has 2 aliphatic rings. The van der Waals surface area contributed by atoms with Gasteiger partial charge in [-0.05, 0) is 44.7 Å². The highest BCUT2D eigenvalue weighted by Crippen LogP contribution is 2.33. The summed E-state index contributed by atoms with van der Waals surface area (Å²) >= 11 is 0. The van der Waals surface area contributed by atoms with Gasteiger partial charge in [-0.3, -0.25) is 4.79 Å². The molecule has 0 aromatic heterocycles. The number of carbonyl (C=O) groups excluding carboxylic acids is 1. The van der Waals surface area contributed by atoms with Gasteiger partial charge in [-0.2, -0.15) is 0 Å². The third-order valence-electron chi connectivity index (χ3n) is 4.36. The number of ether oxygens (including phenoxy) is 1. The van der Waals surface area contributed by atoms with Gasteiger partial charge in [0.05, 0.1) is 12.2 Å². The summed E-state index contributed by atoms with van der Waals surface area (Å²) < 4.78 is 19.3. The Morgan fingerprint density at radius 3 is 2.65 bits per heavy atom. The van der Waals surface area contributed by atoms with Gasteiger partial charge in [0.1, 0.15) is 11.6 Å². The Labute approximate surface area is 118 Å². The van der Waals surface area contributed by atoms with Crippen LogP contribution in [-0.2, 0) is 0 Å². The molecule has 2 atom stereocenters. The first-order valence-corrected chi connectivity index (χ1v) is 7.40. The number of ketones is 1. The first-order chi connectivity index (χ1) is 9.67. The lowest BCUT2D eigenvalue weighted by molar-refractivity contribution is 0.0871. The van der Waals surface area contributed by atoms with Crippen molar-refractivity contribution >= 4 is 5.78 Å². The van der Waals surface area contributed by atoms with Gasteiger partial charge >= 0.3 is 0 Å². The molecule has 3 nitrogen and oxygen atoms in total. The highest BCUT2D eigenvalue weighted by atomic mass is 19.1. The zero-order valence-corrected chi connectivity index (χ0v) is 11.7. The molecule has 0 amide bonds. The van der Waals surface area contributed by atoms with Crippen LogP contribution in [0.3, 0.4) is 0 Å². The largest absolute Gasteiger partial charge is 0.494 e. The van der Waals surface area contributed by atoms with Crippen molar-refractivity contribution in [3.05, 3.63) is 29.6 Å². The molecule has 2 fully saturated rings. The summed E-state index contributed by atoms with van der Waals surface area (Å²) in [5.41, 5.74) is 0.208. The molecule has 2 bridgehead atoms. The van der Waals surface area contributed by atoms with Gasteiger partial charge in [-0.15, -0.1) is 0 Å². The van der Waals surface area contributed by atoms with Gasteiger partial charge in [0, 0.05) is 24.1 Å². The number of hydrogen-bond acceptors (Lipinski definition) is 3. The van der Waals surface area contributed by atoms with Crippen LogP contribution < -0.4 is 10.1 Å². The fourth-order valence-corrected chi connectivity index (χ4v) is 3.44. The van der Waals surface area contributed by atoms with E-state index in [9.17, 15) is 9.18 Å². The molecule has 4 heteroatoms. The Hall–Kier alpha value is -1.42. The number of carbonyl (C=O) groups is 1. The number of Topliss-reactive ketones (excluding diaryl/α,β-unsaturated/α-hetero) is 1. The van der Waals surface area contributed by atoms with E-state index in [0.717, 1.165) is 25.7 Å². The van der Waals surface area contributed by atoms with Crippen molar-refractivity contribution in [1.29, 1.82) is 0 Å². The minimum atomic E-state index is -0.466. The standard InChI is InChI=1S/C16H20FNO2/c1-2-20-13-5-6-14(15(17)9-13)16(19)10-7-11-3-4-12(8-10)18-11/h5-6,9-12,18H,2-4,7-8H2,1H3. The van der Waals surface area contributed by atoms with Crippen molar-refractivity contribution in [2.45, 2.75) is 44.7 Å². The van der Waals surface area contributed by atoms with Gasteiger partial charge in [0.15, 0.2) is 5.78 Å². The molecule has 0 aliphatic carbocycles. The van der Waals surface area contributed by atoms with Crippen molar-refractivity contribution in [2.24, 2.45) is 5.92 Å². The lowest BCUT2D eigenvalue weighted by Crippen LogP contribution is -2.40. The average Bonchev–Trinajstić information content (AvgIpc) is 2.77. The summed E-state index contributed by atoms with van der Waals surface area (Å²) in [4.78, 5) is 12.5. The summed E-state index contributed by atoms with van der Waals surface area (Å²) in [6.07, 6.45) is 3.95. The Bertz CT molecular complexity index is 505. The number of hydrogen-bond donors (Lipinski definition) is 1. The van der Waals surface area contributed by atoms with Gasteiger partial charge < -0.3 is 10.1 Å². The third kappa shape index (κ3) is 2.57. The van der Waals surface area contributed by atoms with Crippen molar-refractivity contribution in [2.75, 3.05) is 6.61 Å². The quantitative estimate of drug-likeness (QED) is 0.860. The lowest BCUT2D eigenvalue weighted by atomic mass is 9.86. The highest BCUT2D eigenvalue weighted by molar-refractivity contribution is 5.98. The number of benzene rings is 1. The van der Waals surface area contributed by atoms with Gasteiger partial charge in [0.25, 0.3) is 0 Å². The minimum Gasteiger partial charge on any atom is -0.494 e. The van der Waals surface area contributed by atoms with Crippen LogP contribution in [0, 0.1) is 11.7 Å². The molecule has 2 aliphatic heterocycles. The van der Waals surface area contributed by atoms with Crippen molar-refractivity contribution < 1.29 is 13.9 Å². The Balaban J connectivity index is 1.76. The Morgan fingerprint density at radius 1 is 1.35 bits per heavy atom. The number of piperidine rings is 1. The second-order valence-electron chi connectivity index (χ2n) is 5.75. The maximum Gasteiger partial charge on any atom is 0.169 e. The van der Waals surface area contributed by atoms with Crippen LogP contribution in [0.25, 0.3) is 0 Å². The maximum atomic E-state index is 14.1. The molecule has 1 aromatic carbocycles. The zero-order chi connectivity index (χ0) is 14.1. The van der Waals surface area contributed by atoms with Crippen LogP contribution in [0.2, 0.25) is 0 Å². The van der Waals surface area contributed by atoms with Crippen LogP contribution in [0.4, 0.5) is 4.39 Å². The summed E-state index contributed by atoms with van der Waals surface area (Å²) in [6, 6.07) is 5.43. The normalized spacial score (nSPS) is 28.4. The van der Waals surface area contributed by atoms with E-state index < -0.39 is 5.82 Å². The van der Waals surface area contributed by atoms with E-state index in [-0.39, 0.29) is 17.3 Å². The molecule has 2 unspecified atom stereocenters. The van der Waals surface area contributed by atoms with Crippen molar-refractivity contribution in [1.82, 2.24) is 5.32 Å². The van der Waals surface area contributed by atoms with Crippen molar-refractivity contribution in [3.63, 3.8) is 0 Å². The summed E-state index contributed by atoms with van der Waals surface area (Å²) in [5.74, 6) is -0.0797.